The van der Waals surface area contributed by atoms with Gasteiger partial charge in [-0.3, -0.25) is 9.78 Å². The van der Waals surface area contributed by atoms with E-state index in [4.69, 9.17) is 9.72 Å². The Balaban J connectivity index is 1.30. The molecule has 1 atom stereocenters. The first-order valence-electron chi connectivity index (χ1n) is 11.4. The van der Waals surface area contributed by atoms with Crippen molar-refractivity contribution in [3.8, 4) is 11.1 Å². The van der Waals surface area contributed by atoms with Gasteiger partial charge in [0.1, 0.15) is 11.9 Å². The van der Waals surface area contributed by atoms with E-state index in [1.807, 2.05) is 30.7 Å². The summed E-state index contributed by atoms with van der Waals surface area (Å²) < 4.78 is 7.24. The number of rotatable bonds is 5. The van der Waals surface area contributed by atoms with Gasteiger partial charge in [0.2, 0.25) is 5.91 Å². The van der Waals surface area contributed by atoms with E-state index in [0.717, 1.165) is 41.1 Å². The van der Waals surface area contributed by atoms with Gasteiger partial charge in [0.05, 0.1) is 19.2 Å². The first kappa shape index (κ1) is 21.2. The second-order valence-electron chi connectivity index (χ2n) is 8.35. The number of ether oxygens (including phenoxy) is 1. The minimum atomic E-state index is -0.377. The molecule has 1 N–H and O–H groups in total. The molecule has 0 aromatic carbocycles. The number of hydrogen-bond donors (Lipinski definition) is 1. The maximum absolute atomic E-state index is 12.4. The van der Waals surface area contributed by atoms with Crippen LogP contribution in [0.25, 0.3) is 16.8 Å². The van der Waals surface area contributed by atoms with Gasteiger partial charge >= 0.3 is 6.09 Å². The Morgan fingerprint density at radius 3 is 2.82 bits per heavy atom. The highest BCUT2D eigenvalue weighted by molar-refractivity contribution is 5.80. The van der Waals surface area contributed by atoms with Crippen molar-refractivity contribution < 1.29 is 14.3 Å². The molecule has 2 aliphatic heterocycles. The molecule has 33 heavy (non-hydrogen) atoms. The first-order valence-corrected chi connectivity index (χ1v) is 11.4. The molecule has 2 fully saturated rings. The molecule has 10 heteroatoms. The smallest absolute Gasteiger partial charge is 0.410 e. The van der Waals surface area contributed by atoms with Crippen LogP contribution in [-0.2, 0) is 16.0 Å². The summed E-state index contributed by atoms with van der Waals surface area (Å²) >= 11 is 0. The van der Waals surface area contributed by atoms with Crippen LogP contribution < -0.4 is 10.2 Å². The van der Waals surface area contributed by atoms with Crippen LogP contribution in [0, 0.1) is 0 Å². The third-order valence-corrected chi connectivity index (χ3v) is 6.09. The quantitative estimate of drug-likeness (QED) is 0.634. The van der Waals surface area contributed by atoms with Crippen molar-refractivity contribution in [1.29, 1.82) is 0 Å². The van der Waals surface area contributed by atoms with E-state index in [0.29, 0.717) is 32.7 Å². The van der Waals surface area contributed by atoms with Gasteiger partial charge in [-0.1, -0.05) is 19.4 Å². The highest BCUT2D eigenvalue weighted by atomic mass is 16.6. The number of amides is 2. The van der Waals surface area contributed by atoms with Crippen LogP contribution in [0.1, 0.15) is 25.5 Å². The Bertz CT molecular complexity index is 1170. The Hall–Kier alpha value is -3.69. The molecule has 2 saturated heterocycles. The van der Waals surface area contributed by atoms with Gasteiger partial charge in [-0.15, -0.1) is 0 Å². The molecule has 0 spiro atoms. The lowest BCUT2D eigenvalue weighted by molar-refractivity contribution is -0.119. The van der Waals surface area contributed by atoms with Crippen molar-refractivity contribution in [3.05, 3.63) is 42.5 Å². The standard InChI is InChI=1S/C23H27N7O3/c1-2-4-19-17(5-3-7-24-19)18-15-26-30-8-6-20(27-22(18)30)28-9-11-29(12-10-28)23(32)33-16-13-21(31)25-14-16/h3,5-8,15-16H,2,4,9-14H2,1H3,(H,25,31). The van der Waals surface area contributed by atoms with Crippen molar-refractivity contribution in [2.75, 3.05) is 37.6 Å². The van der Waals surface area contributed by atoms with E-state index in [9.17, 15) is 9.59 Å². The van der Waals surface area contributed by atoms with Gasteiger partial charge < -0.3 is 19.9 Å². The number of fused-ring (bicyclic) bond motifs is 1. The molecule has 10 nitrogen and oxygen atoms in total. The number of carbonyl (C=O) groups is 2. The van der Waals surface area contributed by atoms with Crippen molar-refractivity contribution in [3.63, 3.8) is 0 Å². The molecule has 2 aliphatic rings. The number of anilines is 1. The molecule has 5 rings (SSSR count). The topological polar surface area (TPSA) is 105 Å². The number of piperazine rings is 1. The largest absolute Gasteiger partial charge is 0.444 e. The predicted octanol–water partition coefficient (Wildman–Crippen LogP) is 1.89. The molecule has 1 unspecified atom stereocenters. The third-order valence-electron chi connectivity index (χ3n) is 6.09. The SMILES string of the molecule is CCCc1ncccc1-c1cnn2ccc(N3CCN(C(=O)OC4CNC(=O)C4)CC3)nc12. The van der Waals surface area contributed by atoms with Crippen molar-refractivity contribution in [1.82, 2.24) is 29.8 Å². The number of pyridine rings is 1. The van der Waals surface area contributed by atoms with Gasteiger partial charge in [-0.05, 0) is 18.6 Å². The minimum Gasteiger partial charge on any atom is -0.444 e. The van der Waals surface area contributed by atoms with Crippen molar-refractivity contribution in [2.45, 2.75) is 32.3 Å². The zero-order chi connectivity index (χ0) is 22.8. The summed E-state index contributed by atoms with van der Waals surface area (Å²) in [6.45, 7) is 4.91. The third kappa shape index (κ3) is 4.33. The molecule has 2 amide bonds. The lowest BCUT2D eigenvalue weighted by Crippen LogP contribution is -2.49. The van der Waals surface area contributed by atoms with Crippen molar-refractivity contribution in [2.24, 2.45) is 0 Å². The zero-order valence-corrected chi connectivity index (χ0v) is 18.6. The van der Waals surface area contributed by atoms with Crippen LogP contribution in [-0.4, -0.2) is 75.3 Å². The number of aryl methyl sites for hydroxylation is 1. The lowest BCUT2D eigenvalue weighted by atomic mass is 10.0. The number of nitrogens with zero attached hydrogens (tertiary/aromatic N) is 6. The summed E-state index contributed by atoms with van der Waals surface area (Å²) in [5.74, 6) is 0.773. The van der Waals surface area contributed by atoms with Gasteiger partial charge in [0.25, 0.3) is 0 Å². The van der Waals surface area contributed by atoms with E-state index in [1.165, 1.54) is 0 Å². The maximum atomic E-state index is 12.4. The predicted molar refractivity (Wildman–Crippen MR) is 122 cm³/mol. The normalized spacial score (nSPS) is 18.6. The Morgan fingerprint density at radius 1 is 1.21 bits per heavy atom. The number of hydrogen-bond acceptors (Lipinski definition) is 7. The lowest BCUT2D eigenvalue weighted by Gasteiger charge is -2.35. The molecular formula is C23H27N7O3. The second-order valence-corrected chi connectivity index (χ2v) is 8.35. The van der Waals surface area contributed by atoms with Crippen LogP contribution in [0.2, 0.25) is 0 Å². The van der Waals surface area contributed by atoms with Gasteiger partial charge in [-0.2, -0.15) is 5.10 Å². The fraction of sp³-hybridized carbons (Fsp3) is 0.435. The summed E-state index contributed by atoms with van der Waals surface area (Å²) in [5, 5.41) is 7.16. The molecule has 3 aromatic heterocycles. The van der Waals surface area contributed by atoms with Crippen molar-refractivity contribution >= 4 is 23.5 Å². The molecule has 0 aliphatic carbocycles. The molecule has 0 saturated carbocycles. The maximum Gasteiger partial charge on any atom is 0.410 e. The molecule has 172 valence electrons. The molecule has 0 radical (unpaired) electrons. The summed E-state index contributed by atoms with van der Waals surface area (Å²) in [6, 6.07) is 5.96. The molecule has 0 bridgehead atoms. The Labute approximate surface area is 191 Å². The Morgan fingerprint density at radius 2 is 2.06 bits per heavy atom. The van der Waals surface area contributed by atoms with E-state index in [2.05, 4.69) is 33.3 Å². The first-order chi connectivity index (χ1) is 16.1. The molecule has 5 heterocycles. The highest BCUT2D eigenvalue weighted by Gasteiger charge is 2.29. The highest BCUT2D eigenvalue weighted by Crippen LogP contribution is 2.28. The van der Waals surface area contributed by atoms with E-state index in [-0.39, 0.29) is 24.5 Å². The average molecular weight is 450 g/mol. The van der Waals surface area contributed by atoms with Crippen LogP contribution in [0.5, 0.6) is 0 Å². The number of aromatic nitrogens is 4. The molecular weight excluding hydrogens is 422 g/mol. The van der Waals surface area contributed by atoms with Gasteiger partial charge in [0, 0.05) is 55.4 Å². The average Bonchev–Trinajstić information content (AvgIpc) is 3.45. The fourth-order valence-corrected chi connectivity index (χ4v) is 4.34. The number of carbonyl (C=O) groups excluding carboxylic acids is 2. The van der Waals surface area contributed by atoms with Crippen LogP contribution in [0.4, 0.5) is 10.6 Å². The van der Waals surface area contributed by atoms with Crippen LogP contribution in [0.3, 0.4) is 0 Å². The minimum absolute atomic E-state index is 0.0774. The summed E-state index contributed by atoms with van der Waals surface area (Å²) in [7, 11) is 0. The zero-order valence-electron chi connectivity index (χ0n) is 18.6. The summed E-state index contributed by atoms with van der Waals surface area (Å²) in [6.07, 6.45) is 7.00. The van der Waals surface area contributed by atoms with E-state index in [1.54, 1.807) is 9.42 Å². The van der Waals surface area contributed by atoms with Gasteiger partial charge in [0.15, 0.2) is 5.65 Å². The van der Waals surface area contributed by atoms with E-state index < -0.39 is 0 Å². The molecule has 3 aromatic rings. The second kappa shape index (κ2) is 9.05. The fourth-order valence-electron chi connectivity index (χ4n) is 4.34. The number of nitrogens with one attached hydrogen (secondary N) is 1. The monoisotopic (exact) mass is 449 g/mol. The summed E-state index contributed by atoms with van der Waals surface area (Å²) in [5.41, 5.74) is 3.87. The van der Waals surface area contributed by atoms with Crippen LogP contribution in [0.15, 0.2) is 36.8 Å². The summed E-state index contributed by atoms with van der Waals surface area (Å²) in [4.78, 5) is 37.1. The van der Waals surface area contributed by atoms with E-state index >= 15 is 0 Å². The Kier molecular flexibility index (Phi) is 5.80. The van der Waals surface area contributed by atoms with Crippen LogP contribution >= 0.6 is 0 Å². The van der Waals surface area contributed by atoms with Gasteiger partial charge in [-0.25, -0.2) is 14.3 Å².